The molecule has 1 aliphatic heterocycles. The van der Waals surface area contributed by atoms with Crippen molar-refractivity contribution in [3.63, 3.8) is 0 Å². The first-order chi connectivity index (χ1) is 12.1. The number of fused-ring (bicyclic) bond motifs is 1. The van der Waals surface area contributed by atoms with E-state index in [1.807, 2.05) is 0 Å². The smallest absolute Gasteiger partial charge is 0.359 e. The second-order valence-corrected chi connectivity index (χ2v) is 5.21. The first-order valence-electron chi connectivity index (χ1n) is 7.26. The Balaban J connectivity index is 1.49. The Morgan fingerprint density at radius 3 is 2.48 bits per heavy atom. The van der Waals surface area contributed by atoms with Crippen molar-refractivity contribution in [3.8, 4) is 0 Å². The molecule has 9 nitrogen and oxygen atoms in total. The van der Waals surface area contributed by atoms with Crippen molar-refractivity contribution in [2.45, 2.75) is 6.54 Å². The van der Waals surface area contributed by atoms with Gasteiger partial charge in [0.1, 0.15) is 6.54 Å². The molecule has 0 radical (unpaired) electrons. The summed E-state index contributed by atoms with van der Waals surface area (Å²) < 4.78 is 6.62. The van der Waals surface area contributed by atoms with Crippen LogP contribution in [0.1, 0.15) is 37.0 Å². The predicted octanol–water partition coefficient (Wildman–Crippen LogP) is 1.29. The predicted molar refractivity (Wildman–Crippen MR) is 80.2 cm³/mol. The highest BCUT2D eigenvalue weighted by Gasteiger charge is 2.39. The number of benzene rings is 1. The van der Waals surface area contributed by atoms with Crippen molar-refractivity contribution in [2.24, 2.45) is 0 Å². The van der Waals surface area contributed by atoms with E-state index in [1.165, 1.54) is 18.2 Å². The molecule has 0 spiro atoms. The van der Waals surface area contributed by atoms with E-state index in [0.717, 1.165) is 0 Å². The molecular formula is C16H10N4O5. The lowest BCUT2D eigenvalue weighted by molar-refractivity contribution is -0.0590. The summed E-state index contributed by atoms with van der Waals surface area (Å²) in [6.07, 6.45) is 3.33. The van der Waals surface area contributed by atoms with Crippen molar-refractivity contribution in [3.05, 3.63) is 71.4 Å². The van der Waals surface area contributed by atoms with E-state index >= 15 is 0 Å². The Morgan fingerprint density at radius 2 is 1.84 bits per heavy atom. The lowest BCUT2D eigenvalue weighted by atomic mass is 10.1. The summed E-state index contributed by atoms with van der Waals surface area (Å²) in [5.74, 6) is -1.99. The van der Waals surface area contributed by atoms with Crippen LogP contribution in [-0.4, -0.2) is 37.8 Å². The molecule has 3 heterocycles. The molecule has 3 aromatic rings. The van der Waals surface area contributed by atoms with Crippen LogP contribution in [-0.2, 0) is 11.4 Å². The zero-order chi connectivity index (χ0) is 17.4. The van der Waals surface area contributed by atoms with Gasteiger partial charge in [0.05, 0.1) is 11.1 Å². The van der Waals surface area contributed by atoms with Crippen LogP contribution in [0.5, 0.6) is 0 Å². The van der Waals surface area contributed by atoms with Gasteiger partial charge in [-0.05, 0) is 18.2 Å². The number of nitrogens with zero attached hydrogens (tertiary/aromatic N) is 4. The summed E-state index contributed by atoms with van der Waals surface area (Å²) in [5.41, 5.74) is 0.207. The van der Waals surface area contributed by atoms with E-state index < -0.39 is 17.8 Å². The van der Waals surface area contributed by atoms with E-state index in [0.29, 0.717) is 10.8 Å². The van der Waals surface area contributed by atoms with Gasteiger partial charge < -0.3 is 9.36 Å². The second kappa shape index (κ2) is 5.71. The van der Waals surface area contributed by atoms with Crippen LogP contribution in [0, 0.1) is 0 Å². The summed E-state index contributed by atoms with van der Waals surface area (Å²) in [4.78, 5) is 41.4. The van der Waals surface area contributed by atoms with Crippen LogP contribution >= 0.6 is 0 Å². The van der Waals surface area contributed by atoms with Gasteiger partial charge in [0.2, 0.25) is 0 Å². The molecule has 124 valence electrons. The average molecular weight is 338 g/mol. The molecule has 2 aromatic heterocycles. The van der Waals surface area contributed by atoms with E-state index in [4.69, 9.17) is 9.36 Å². The Kier molecular flexibility index (Phi) is 3.38. The van der Waals surface area contributed by atoms with Crippen LogP contribution < -0.4 is 0 Å². The van der Waals surface area contributed by atoms with Crippen molar-refractivity contribution in [1.29, 1.82) is 0 Å². The van der Waals surface area contributed by atoms with Crippen molar-refractivity contribution >= 4 is 17.8 Å². The molecule has 0 aliphatic carbocycles. The number of amides is 2. The van der Waals surface area contributed by atoms with E-state index in [-0.39, 0.29) is 23.4 Å². The van der Waals surface area contributed by atoms with Gasteiger partial charge >= 0.3 is 5.97 Å². The quantitative estimate of drug-likeness (QED) is 0.660. The maximum absolute atomic E-state index is 12.2. The van der Waals surface area contributed by atoms with Gasteiger partial charge in [-0.25, -0.2) is 4.79 Å². The topological polar surface area (TPSA) is 108 Å². The van der Waals surface area contributed by atoms with Crippen LogP contribution in [0.25, 0.3) is 0 Å². The molecule has 0 fully saturated rings. The Bertz CT molecular complexity index is 941. The molecule has 9 heteroatoms. The lowest BCUT2D eigenvalue weighted by Crippen LogP contribution is -2.32. The Labute approximate surface area is 140 Å². The third-order valence-corrected chi connectivity index (χ3v) is 3.58. The number of imide groups is 1. The molecule has 0 unspecified atom stereocenters. The minimum absolute atomic E-state index is 0.154. The molecule has 0 saturated heterocycles. The highest BCUT2D eigenvalue weighted by molar-refractivity contribution is 6.21. The number of carbonyl (C=O) groups excluding carboxylic acids is 3. The normalized spacial score (nSPS) is 13.2. The minimum atomic E-state index is -0.968. The maximum Gasteiger partial charge on any atom is 0.385 e. The van der Waals surface area contributed by atoms with Gasteiger partial charge in [-0.3, -0.25) is 14.3 Å². The van der Waals surface area contributed by atoms with E-state index in [1.54, 1.807) is 35.3 Å². The third kappa shape index (κ3) is 2.57. The SMILES string of the molecule is O=C(ON1C(=O)c2ccccc2C1=O)c1cc(Cn2cccn2)on1. The van der Waals surface area contributed by atoms with Gasteiger partial charge in [0.15, 0.2) is 11.5 Å². The molecular weight excluding hydrogens is 328 g/mol. The molecule has 0 saturated carbocycles. The molecule has 0 bridgehead atoms. The van der Waals surface area contributed by atoms with Crippen LogP contribution in [0.4, 0.5) is 0 Å². The zero-order valence-corrected chi connectivity index (χ0v) is 12.7. The standard InChI is InChI=1S/C16H10N4O5/c21-14-11-4-1-2-5-12(11)15(22)20(14)25-16(23)13-8-10(24-18-13)9-19-7-3-6-17-19/h1-8H,9H2. The van der Waals surface area contributed by atoms with E-state index in [2.05, 4.69) is 10.3 Å². The fourth-order valence-corrected chi connectivity index (χ4v) is 2.42. The first kappa shape index (κ1) is 14.8. The average Bonchev–Trinajstić information content (AvgIpc) is 3.34. The minimum Gasteiger partial charge on any atom is -0.359 e. The molecule has 0 N–H and O–H groups in total. The molecule has 25 heavy (non-hydrogen) atoms. The fourth-order valence-electron chi connectivity index (χ4n) is 2.42. The van der Waals surface area contributed by atoms with Gasteiger partial charge in [-0.1, -0.05) is 22.4 Å². The number of aromatic nitrogens is 3. The monoisotopic (exact) mass is 338 g/mol. The summed E-state index contributed by atoms with van der Waals surface area (Å²) in [6.45, 7) is 0.278. The van der Waals surface area contributed by atoms with Crippen LogP contribution in [0.3, 0.4) is 0 Å². The van der Waals surface area contributed by atoms with Gasteiger partial charge in [0.25, 0.3) is 11.8 Å². The van der Waals surface area contributed by atoms with Crippen molar-refractivity contribution < 1.29 is 23.7 Å². The third-order valence-electron chi connectivity index (χ3n) is 3.58. The lowest BCUT2D eigenvalue weighted by Gasteiger charge is -2.10. The number of hydrogen-bond acceptors (Lipinski definition) is 7. The summed E-state index contributed by atoms with van der Waals surface area (Å²) in [5, 5.41) is 8.03. The summed E-state index contributed by atoms with van der Waals surface area (Å²) in [7, 11) is 0. The largest absolute Gasteiger partial charge is 0.385 e. The van der Waals surface area contributed by atoms with Crippen LogP contribution in [0.15, 0.2) is 53.3 Å². The highest BCUT2D eigenvalue weighted by atomic mass is 16.7. The number of carbonyl (C=O) groups is 3. The highest BCUT2D eigenvalue weighted by Crippen LogP contribution is 2.23. The Morgan fingerprint density at radius 1 is 1.12 bits per heavy atom. The zero-order valence-electron chi connectivity index (χ0n) is 12.7. The fraction of sp³-hybridized carbons (Fsp3) is 0.0625. The van der Waals surface area contributed by atoms with Gasteiger partial charge in [-0.15, -0.1) is 0 Å². The molecule has 1 aromatic carbocycles. The molecule has 1 aliphatic rings. The Hall–Kier alpha value is -3.75. The number of hydroxylamine groups is 2. The summed E-state index contributed by atoms with van der Waals surface area (Å²) >= 11 is 0. The number of rotatable bonds is 4. The van der Waals surface area contributed by atoms with Crippen molar-refractivity contribution in [2.75, 3.05) is 0 Å². The van der Waals surface area contributed by atoms with Crippen LogP contribution in [0.2, 0.25) is 0 Å². The molecule has 2 amide bonds. The van der Waals surface area contributed by atoms with E-state index in [9.17, 15) is 14.4 Å². The van der Waals surface area contributed by atoms with Gasteiger partial charge in [0, 0.05) is 18.5 Å². The maximum atomic E-state index is 12.2. The first-order valence-corrected chi connectivity index (χ1v) is 7.26. The van der Waals surface area contributed by atoms with Gasteiger partial charge in [-0.2, -0.15) is 5.10 Å². The molecule has 0 atom stereocenters. The number of hydrogen-bond donors (Lipinski definition) is 0. The van der Waals surface area contributed by atoms with Crippen molar-refractivity contribution in [1.82, 2.24) is 20.0 Å². The second-order valence-electron chi connectivity index (χ2n) is 5.21. The molecule has 4 rings (SSSR count). The summed E-state index contributed by atoms with van der Waals surface area (Å²) in [6, 6.07) is 9.32.